The molecular weight excluding hydrogens is 1630 g/mol. The first-order valence-electron chi connectivity index (χ1n) is 41.3. The van der Waals surface area contributed by atoms with E-state index >= 15 is 9.59 Å². The predicted molar refractivity (Wildman–Crippen MR) is 472 cm³/mol. The van der Waals surface area contributed by atoms with Gasteiger partial charge in [-0.05, 0) is 176 Å². The molecule has 0 aliphatic carbocycles. The number of likely N-dealkylation sites (N-methyl/N-ethyl adjacent to an activating group) is 2. The molecule has 3 N–H and O–H groups in total. The largest absolute Gasteiger partial charge is 0.496 e. The maximum Gasteiger partial charge on any atom is 0.410 e. The lowest BCUT2D eigenvalue weighted by atomic mass is 10.0. The van der Waals surface area contributed by atoms with Gasteiger partial charge in [-0.25, -0.2) is 19.2 Å². The summed E-state index contributed by atoms with van der Waals surface area (Å²) in [5.41, 5.74) is 2.16. The van der Waals surface area contributed by atoms with Crippen LogP contribution in [0.1, 0.15) is 159 Å². The molecule has 10 rings (SSSR count). The molecule has 0 saturated carbocycles. The van der Waals surface area contributed by atoms with Crippen molar-refractivity contribution in [3.05, 3.63) is 202 Å². The average molecular weight is 1740 g/mol. The van der Waals surface area contributed by atoms with Crippen molar-refractivity contribution in [3.8, 4) is 23.6 Å². The minimum Gasteiger partial charge on any atom is -0.496 e. The number of nitrogens with zero attached hydrogens (tertiary/aromatic N) is 8. The number of anilines is 4. The Morgan fingerprint density at radius 1 is 0.472 bits per heavy atom. The number of carbonyl (C=O) groups is 12. The number of Topliss-reactive ketones (excluding diaryl/α,β-unsaturated/α-hetero) is 2. The first-order chi connectivity index (χ1) is 60.4. The van der Waals surface area contributed by atoms with Crippen molar-refractivity contribution in [2.24, 2.45) is 0 Å². The summed E-state index contributed by atoms with van der Waals surface area (Å²) in [5.74, 6) is -4.58. The van der Waals surface area contributed by atoms with Crippen LogP contribution < -0.4 is 39.7 Å². The maximum absolute atomic E-state index is 15.2. The zero-order valence-corrected chi connectivity index (χ0v) is 74.0. The lowest BCUT2D eigenvalue weighted by molar-refractivity contribution is -0.146. The van der Waals surface area contributed by atoms with Crippen LogP contribution in [0.25, 0.3) is 21.5 Å². The second kappa shape index (κ2) is 44.3. The van der Waals surface area contributed by atoms with Crippen LogP contribution in [-0.4, -0.2) is 222 Å². The number of hydrogen-bond acceptors (Lipinski definition) is 23. The highest BCUT2D eigenvalue weighted by Crippen LogP contribution is 2.43. The summed E-state index contributed by atoms with van der Waals surface area (Å²) in [6, 6.07) is 41.3. The van der Waals surface area contributed by atoms with Gasteiger partial charge in [0, 0.05) is 73.5 Å². The first-order valence-corrected chi connectivity index (χ1v) is 41.3. The number of hydrogen-bond donors (Lipinski definition) is 3. The van der Waals surface area contributed by atoms with E-state index in [1.165, 1.54) is 117 Å². The summed E-state index contributed by atoms with van der Waals surface area (Å²) in [6.07, 6.45) is -0.350. The van der Waals surface area contributed by atoms with Crippen molar-refractivity contribution in [2.75, 3.05) is 108 Å². The molecule has 0 spiro atoms. The number of methoxy groups -OCH3 is 3. The Kier molecular flexibility index (Phi) is 33.9. The highest BCUT2D eigenvalue weighted by atomic mass is 16.6. The molecule has 0 saturated heterocycles. The third-order valence-corrected chi connectivity index (χ3v) is 21.2. The lowest BCUT2D eigenvalue weighted by Crippen LogP contribution is -2.60. The molecule has 32 heteroatoms. The van der Waals surface area contributed by atoms with Crippen molar-refractivity contribution in [1.82, 2.24) is 20.4 Å². The summed E-state index contributed by atoms with van der Waals surface area (Å²) < 4.78 is 48.1. The zero-order valence-electron chi connectivity index (χ0n) is 74.0. The normalized spacial score (nSPS) is 15.4. The number of esters is 1. The van der Waals surface area contributed by atoms with E-state index in [-0.39, 0.29) is 123 Å². The fourth-order valence-electron chi connectivity index (χ4n) is 14.2. The van der Waals surface area contributed by atoms with Gasteiger partial charge in [0.25, 0.3) is 23.6 Å². The van der Waals surface area contributed by atoms with E-state index in [2.05, 4.69) is 27.5 Å². The van der Waals surface area contributed by atoms with Crippen LogP contribution in [0.4, 0.5) is 32.3 Å². The lowest BCUT2D eigenvalue weighted by Gasteiger charge is -2.34. The van der Waals surface area contributed by atoms with E-state index in [1.54, 1.807) is 104 Å². The van der Waals surface area contributed by atoms with Gasteiger partial charge in [-0.3, -0.25) is 48.2 Å². The number of carbonyl (C=O) groups excluding carboxylic acids is 11. The standard InChI is InChI=1S/C48H55N5O11.C47H53N5O11/c1-30-43(50-44(56)31(2)51(6)47(59)64-48(3,4)5)46(58)52(28-37-36-13-10-9-12-33(36)20-22-41(37)60-7)38-21-15-32(27-49)26-39(38)53(30)45(57)35-18-16-34(17-19-35)40(54)14-11-23-62-24-25-63-29-42(55)61-8;1-29-42(49-43(56)30(2)50(6)46(59)63-47(3,4)5)45(58)51(27-36-35-12-9-8-11-32(35)19-21-40(36)60-7)37-20-14-31(26-48)25-38(37)52(29)44(57)34-17-15-33(16-18-34)39(53)13-10-22-61-23-24-62-28-41(54)55/h9-10,12-13,15-22,26,30-31,43H,11,14,23-25,28-29H2,1-8H3,(H,50,56);8-9,11-12,14-21,25,29-30,42H,10,13,22-24,27-28H2,1-7H3,(H,49,56)(H,54,55)/t30-,31-,43-;29-,30-,42-/m00/s1. The third-order valence-electron chi connectivity index (χ3n) is 21.2. The second-order valence-electron chi connectivity index (χ2n) is 32.3. The number of aliphatic carboxylic acids is 1. The van der Waals surface area contributed by atoms with Crippen LogP contribution in [0, 0.1) is 22.7 Å². The monoisotopic (exact) mass is 1740 g/mol. The molecule has 0 aromatic heterocycles. The molecule has 0 unspecified atom stereocenters. The Morgan fingerprint density at radius 2 is 0.835 bits per heavy atom. The highest BCUT2D eigenvalue weighted by molar-refractivity contribution is 6.16. The summed E-state index contributed by atoms with van der Waals surface area (Å²) in [7, 11) is 7.16. The Labute approximate surface area is 737 Å². The fraction of sp³-hybridized carbons (Fsp3) is 0.389. The van der Waals surface area contributed by atoms with Gasteiger partial charge in [-0.2, -0.15) is 10.5 Å². The van der Waals surface area contributed by atoms with Crippen LogP contribution in [0.15, 0.2) is 158 Å². The molecule has 8 aromatic carbocycles. The molecule has 0 fully saturated rings. The Hall–Kier alpha value is -13.7. The van der Waals surface area contributed by atoms with Gasteiger partial charge in [-0.15, -0.1) is 0 Å². The minimum absolute atomic E-state index is 0.0538. The minimum atomic E-state index is -1.39. The topological polar surface area (TPSA) is 399 Å². The van der Waals surface area contributed by atoms with Gasteiger partial charge < -0.3 is 78.0 Å². The van der Waals surface area contributed by atoms with Gasteiger partial charge in [-0.1, -0.05) is 84.9 Å². The van der Waals surface area contributed by atoms with E-state index in [9.17, 15) is 58.5 Å². The zero-order chi connectivity index (χ0) is 92.7. The summed E-state index contributed by atoms with van der Waals surface area (Å²) in [4.78, 5) is 170. The molecule has 8 aromatic rings. The predicted octanol–water partition coefficient (Wildman–Crippen LogP) is 12.3. The van der Waals surface area contributed by atoms with Crippen molar-refractivity contribution >= 4 is 115 Å². The second-order valence-corrected chi connectivity index (χ2v) is 32.3. The van der Waals surface area contributed by atoms with Gasteiger partial charge >= 0.3 is 24.1 Å². The molecule has 2 aliphatic rings. The number of ketones is 2. The van der Waals surface area contributed by atoms with Crippen molar-refractivity contribution in [1.29, 1.82) is 10.5 Å². The molecule has 6 atom stereocenters. The van der Waals surface area contributed by atoms with Crippen LogP contribution in [-0.2, 0) is 75.0 Å². The van der Waals surface area contributed by atoms with E-state index in [0.29, 0.717) is 52.3 Å². The number of ether oxygens (including phenoxy) is 9. The smallest absolute Gasteiger partial charge is 0.410 e. The van der Waals surface area contributed by atoms with Gasteiger partial charge in [0.1, 0.15) is 60.1 Å². The summed E-state index contributed by atoms with van der Waals surface area (Å²) in [5, 5.41) is 37.9. The van der Waals surface area contributed by atoms with E-state index in [0.717, 1.165) is 31.3 Å². The van der Waals surface area contributed by atoms with Gasteiger partial charge in [0.05, 0.1) is 119 Å². The average Bonchev–Trinajstić information content (AvgIpc) is 1.62. The third kappa shape index (κ3) is 24.9. The molecule has 2 heterocycles. The van der Waals surface area contributed by atoms with Crippen LogP contribution in [0.5, 0.6) is 11.5 Å². The van der Waals surface area contributed by atoms with Crippen LogP contribution in [0.3, 0.4) is 0 Å². The molecule has 8 amide bonds. The molecule has 0 bridgehead atoms. The number of carboxylic acids is 1. The number of rotatable bonds is 34. The highest BCUT2D eigenvalue weighted by Gasteiger charge is 2.47. The number of carboxylic acid groups (broad SMARTS) is 1. The molecule has 670 valence electrons. The van der Waals surface area contributed by atoms with Crippen molar-refractivity contribution < 1.29 is 105 Å². The molecule has 32 nitrogen and oxygen atoms in total. The fourth-order valence-corrected chi connectivity index (χ4v) is 14.2. The van der Waals surface area contributed by atoms with E-state index < -0.39 is 114 Å². The van der Waals surface area contributed by atoms with Crippen molar-refractivity contribution in [3.63, 3.8) is 0 Å². The first kappa shape index (κ1) is 97.2. The summed E-state index contributed by atoms with van der Waals surface area (Å²) in [6.45, 7) is 17.0. The van der Waals surface area contributed by atoms with Gasteiger partial charge in [0.2, 0.25) is 11.8 Å². The number of nitriles is 2. The Bertz CT molecular complexity index is 5460. The summed E-state index contributed by atoms with van der Waals surface area (Å²) >= 11 is 0. The molecular formula is C95H108N10O22. The van der Waals surface area contributed by atoms with E-state index in [4.69, 9.17) is 43.0 Å². The number of benzene rings is 8. The number of amides is 8. The Morgan fingerprint density at radius 3 is 1.19 bits per heavy atom. The van der Waals surface area contributed by atoms with Crippen LogP contribution >= 0.6 is 0 Å². The molecule has 2 aliphatic heterocycles. The number of fused-ring (bicyclic) bond motifs is 4. The SMILES string of the molecule is COC(=O)COCCOCCCC(=O)c1ccc(C(=O)N2c3cc(C#N)ccc3N(Cc3c(OC)ccc4ccccc34)C(=O)[C@@H](NC(=O)[C@H](C)N(C)C(=O)OC(C)(C)C)[C@@H]2C)cc1.COc1ccc2ccccc2c1CN1C(=O)[C@@H](NC(=O)[C@H](C)N(C)C(=O)OC(C)(C)C)[C@H](C)N(C(=O)c2ccc(C(=O)CCCOCCOCC(=O)O)cc2)c2cc(C#N)ccc21. The quantitative estimate of drug-likeness (QED) is 0.0146. The number of nitrogens with one attached hydrogen (secondary N) is 2. The van der Waals surface area contributed by atoms with Crippen molar-refractivity contribution in [2.45, 2.75) is 155 Å². The molecule has 0 radical (unpaired) electrons. The van der Waals surface area contributed by atoms with E-state index in [1.807, 2.05) is 60.7 Å². The van der Waals surface area contributed by atoms with Crippen LogP contribution in [0.2, 0.25) is 0 Å². The van der Waals surface area contributed by atoms with Gasteiger partial charge in [0.15, 0.2) is 11.6 Å². The maximum atomic E-state index is 15.2. The molecule has 127 heavy (non-hydrogen) atoms. The Balaban J connectivity index is 0.000000287.